The summed E-state index contributed by atoms with van der Waals surface area (Å²) in [6.07, 6.45) is 0. The number of rotatable bonds is 5. The lowest BCUT2D eigenvalue weighted by molar-refractivity contribution is 0.669. The van der Waals surface area contributed by atoms with Gasteiger partial charge in [-0.1, -0.05) is 133 Å². The minimum Gasteiger partial charge on any atom is -0.454 e. The Labute approximate surface area is 265 Å². The highest BCUT2D eigenvalue weighted by Crippen LogP contribution is 2.49. The summed E-state index contributed by atoms with van der Waals surface area (Å²) in [5.74, 6) is 0. The second-order valence-electron chi connectivity index (χ2n) is 11.3. The molecule has 9 aromatic rings. The molecule has 0 bridgehead atoms. The molecule has 0 fully saturated rings. The number of fused-ring (bicyclic) bond motifs is 6. The number of nitrogens with zero attached hydrogens (tertiary/aromatic N) is 1. The highest BCUT2D eigenvalue weighted by molar-refractivity contribution is 7.27. The predicted octanol–water partition coefficient (Wildman–Crippen LogP) is 12.8. The number of para-hydroxylation sites is 2. The molecule has 0 N–H and O–H groups in total. The van der Waals surface area contributed by atoms with E-state index in [1.54, 1.807) is 0 Å². The minimum absolute atomic E-state index is 0.883. The Morgan fingerprint density at radius 2 is 0.978 bits per heavy atom. The van der Waals surface area contributed by atoms with Crippen LogP contribution in [0.1, 0.15) is 0 Å². The minimum atomic E-state index is 0.883. The molecule has 45 heavy (non-hydrogen) atoms. The molecule has 0 spiro atoms. The predicted molar refractivity (Wildman–Crippen MR) is 192 cm³/mol. The largest absolute Gasteiger partial charge is 0.454 e. The quantitative estimate of drug-likeness (QED) is 0.197. The fourth-order valence-electron chi connectivity index (χ4n) is 6.58. The normalized spacial score (nSPS) is 11.6. The van der Waals surface area contributed by atoms with Crippen LogP contribution >= 0.6 is 11.3 Å². The summed E-state index contributed by atoms with van der Waals surface area (Å²) in [7, 11) is 0. The van der Waals surface area contributed by atoms with Gasteiger partial charge in [0, 0.05) is 31.9 Å². The SMILES string of the molecule is c1ccc(-c2ccc(N(c3cccc4c3oc3ccccc34)c3cccc4c3sc3c(-c5ccccc5)cccc34)cc2)cc1. The first-order chi connectivity index (χ1) is 22.3. The summed E-state index contributed by atoms with van der Waals surface area (Å²) in [6, 6.07) is 58.3. The van der Waals surface area contributed by atoms with Crippen molar-refractivity contribution in [3.63, 3.8) is 0 Å². The van der Waals surface area contributed by atoms with Crippen molar-refractivity contribution in [2.24, 2.45) is 0 Å². The molecule has 0 saturated carbocycles. The second kappa shape index (κ2) is 10.5. The first kappa shape index (κ1) is 25.8. The molecular formula is C42H27NOS. The molecule has 0 atom stereocenters. The van der Waals surface area contributed by atoms with E-state index in [-0.39, 0.29) is 0 Å². The van der Waals surface area contributed by atoms with Crippen LogP contribution in [0.3, 0.4) is 0 Å². The summed E-state index contributed by atoms with van der Waals surface area (Å²) in [6.45, 7) is 0. The summed E-state index contributed by atoms with van der Waals surface area (Å²) in [5.41, 5.74) is 9.90. The van der Waals surface area contributed by atoms with Gasteiger partial charge < -0.3 is 9.32 Å². The van der Waals surface area contributed by atoms with E-state index in [1.165, 1.54) is 42.4 Å². The van der Waals surface area contributed by atoms with E-state index in [9.17, 15) is 0 Å². The van der Waals surface area contributed by atoms with Gasteiger partial charge in [0.1, 0.15) is 5.58 Å². The molecule has 3 heteroatoms. The van der Waals surface area contributed by atoms with Gasteiger partial charge in [0.15, 0.2) is 5.58 Å². The molecule has 2 aromatic heterocycles. The highest BCUT2D eigenvalue weighted by atomic mass is 32.1. The van der Waals surface area contributed by atoms with Crippen molar-refractivity contribution >= 4 is 70.5 Å². The Kier molecular flexibility index (Phi) is 6.03. The van der Waals surface area contributed by atoms with Gasteiger partial charge in [0.2, 0.25) is 0 Å². The van der Waals surface area contributed by atoms with Crippen LogP contribution in [0.25, 0.3) is 64.4 Å². The molecule has 0 saturated heterocycles. The number of hydrogen-bond donors (Lipinski definition) is 0. The van der Waals surface area contributed by atoms with Crippen LogP contribution in [0.5, 0.6) is 0 Å². The van der Waals surface area contributed by atoms with E-state index in [0.29, 0.717) is 0 Å². The third-order valence-electron chi connectivity index (χ3n) is 8.69. The first-order valence-electron chi connectivity index (χ1n) is 15.2. The zero-order valence-corrected chi connectivity index (χ0v) is 25.2. The van der Waals surface area contributed by atoms with Crippen LogP contribution in [0.15, 0.2) is 168 Å². The highest BCUT2D eigenvalue weighted by Gasteiger charge is 2.23. The lowest BCUT2D eigenvalue weighted by Crippen LogP contribution is -2.10. The smallest absolute Gasteiger partial charge is 0.159 e. The lowest BCUT2D eigenvalue weighted by Gasteiger charge is -2.26. The van der Waals surface area contributed by atoms with Crippen LogP contribution in [-0.2, 0) is 0 Å². The van der Waals surface area contributed by atoms with E-state index in [2.05, 4.69) is 163 Å². The molecule has 2 nitrogen and oxygen atoms in total. The summed E-state index contributed by atoms with van der Waals surface area (Å²) in [5, 5.41) is 4.78. The average molecular weight is 594 g/mol. The molecule has 212 valence electrons. The zero-order chi connectivity index (χ0) is 29.7. The van der Waals surface area contributed by atoms with Gasteiger partial charge in [-0.15, -0.1) is 11.3 Å². The average Bonchev–Trinajstić information content (AvgIpc) is 3.69. The van der Waals surface area contributed by atoms with Gasteiger partial charge in [0.05, 0.1) is 16.1 Å². The Balaban J connectivity index is 1.31. The van der Waals surface area contributed by atoms with Gasteiger partial charge in [0.25, 0.3) is 0 Å². The molecule has 0 unspecified atom stereocenters. The van der Waals surface area contributed by atoms with Crippen molar-refractivity contribution < 1.29 is 4.42 Å². The van der Waals surface area contributed by atoms with Crippen LogP contribution in [0.2, 0.25) is 0 Å². The van der Waals surface area contributed by atoms with Gasteiger partial charge in [-0.05, 0) is 52.6 Å². The monoisotopic (exact) mass is 593 g/mol. The number of furan rings is 1. The fraction of sp³-hybridized carbons (Fsp3) is 0. The van der Waals surface area contributed by atoms with Crippen LogP contribution in [0, 0.1) is 0 Å². The van der Waals surface area contributed by atoms with Crippen molar-refractivity contribution in [3.05, 3.63) is 164 Å². The van der Waals surface area contributed by atoms with Crippen molar-refractivity contribution in [2.75, 3.05) is 4.90 Å². The van der Waals surface area contributed by atoms with Gasteiger partial charge >= 0.3 is 0 Å². The van der Waals surface area contributed by atoms with Gasteiger partial charge in [-0.3, -0.25) is 0 Å². The molecule has 0 amide bonds. The Hall–Kier alpha value is -5.64. The summed E-state index contributed by atoms with van der Waals surface area (Å²) in [4.78, 5) is 2.37. The van der Waals surface area contributed by atoms with E-state index in [4.69, 9.17) is 4.42 Å². The maximum absolute atomic E-state index is 6.61. The molecule has 0 aliphatic heterocycles. The Morgan fingerprint density at radius 1 is 0.400 bits per heavy atom. The first-order valence-corrected chi connectivity index (χ1v) is 16.0. The van der Waals surface area contributed by atoms with Crippen LogP contribution < -0.4 is 4.90 Å². The lowest BCUT2D eigenvalue weighted by atomic mass is 10.0. The second-order valence-corrected chi connectivity index (χ2v) is 12.3. The number of anilines is 3. The molecule has 0 aliphatic rings. The van der Waals surface area contributed by atoms with Crippen LogP contribution in [0.4, 0.5) is 17.1 Å². The number of thiophene rings is 1. The summed E-state index contributed by atoms with van der Waals surface area (Å²) < 4.78 is 9.16. The Morgan fingerprint density at radius 3 is 1.76 bits per heavy atom. The fourth-order valence-corrected chi connectivity index (χ4v) is 7.92. The molecule has 0 aliphatic carbocycles. The van der Waals surface area contributed by atoms with Crippen molar-refractivity contribution in [3.8, 4) is 22.3 Å². The standard InChI is InChI=1S/C42H27NOS/c1-3-12-28(13-4-1)29-24-26-31(27-25-29)43(37-21-10-18-34-33-16-7-8-23-39(33)44-40(34)37)38-22-11-20-36-35-19-9-17-32(41(35)45-42(36)38)30-14-5-2-6-15-30/h1-27H. The Bertz CT molecular complexity index is 2470. The van der Waals surface area contributed by atoms with E-state index in [0.717, 1.165) is 39.0 Å². The van der Waals surface area contributed by atoms with Crippen LogP contribution in [-0.4, -0.2) is 0 Å². The molecule has 7 aromatic carbocycles. The molecule has 2 heterocycles. The number of benzene rings is 7. The molecule has 0 radical (unpaired) electrons. The maximum atomic E-state index is 6.61. The molecular weight excluding hydrogens is 567 g/mol. The van der Waals surface area contributed by atoms with E-state index < -0.39 is 0 Å². The van der Waals surface area contributed by atoms with E-state index in [1.807, 2.05) is 17.4 Å². The topological polar surface area (TPSA) is 16.4 Å². The van der Waals surface area contributed by atoms with Crippen molar-refractivity contribution in [1.82, 2.24) is 0 Å². The van der Waals surface area contributed by atoms with Gasteiger partial charge in [-0.25, -0.2) is 0 Å². The zero-order valence-electron chi connectivity index (χ0n) is 24.4. The molecule has 9 rings (SSSR count). The number of hydrogen-bond acceptors (Lipinski definition) is 3. The van der Waals surface area contributed by atoms with Crippen molar-refractivity contribution in [2.45, 2.75) is 0 Å². The third kappa shape index (κ3) is 4.24. The van der Waals surface area contributed by atoms with Crippen molar-refractivity contribution in [1.29, 1.82) is 0 Å². The summed E-state index contributed by atoms with van der Waals surface area (Å²) >= 11 is 1.87. The van der Waals surface area contributed by atoms with Gasteiger partial charge in [-0.2, -0.15) is 0 Å². The third-order valence-corrected chi connectivity index (χ3v) is 9.96. The maximum Gasteiger partial charge on any atom is 0.159 e. The van der Waals surface area contributed by atoms with E-state index >= 15 is 0 Å².